The van der Waals surface area contributed by atoms with Gasteiger partial charge in [-0.05, 0) is 43.3 Å². The van der Waals surface area contributed by atoms with Gasteiger partial charge in [0.05, 0.1) is 16.9 Å². The van der Waals surface area contributed by atoms with Crippen LogP contribution in [0.25, 0.3) is 38.8 Å². The minimum Gasteiger partial charge on any atom is -0.240 e. The van der Waals surface area contributed by atoms with Gasteiger partial charge in [0.15, 0.2) is 0 Å². The Kier molecular flexibility index (Phi) is 4.73. The summed E-state index contributed by atoms with van der Waals surface area (Å²) in [7, 11) is 0. The van der Waals surface area contributed by atoms with Gasteiger partial charge in [-0.1, -0.05) is 48.0 Å². The van der Waals surface area contributed by atoms with Gasteiger partial charge in [-0.2, -0.15) is 5.10 Å². The van der Waals surface area contributed by atoms with Crippen molar-refractivity contribution in [2.24, 2.45) is 0 Å². The number of aromatic nitrogens is 3. The Morgan fingerprint density at radius 2 is 1.53 bits per heavy atom. The zero-order chi connectivity index (χ0) is 20.5. The van der Waals surface area contributed by atoms with Crippen LogP contribution in [0.5, 0.6) is 0 Å². The smallest absolute Gasteiger partial charge is 0.127 e. The second kappa shape index (κ2) is 7.69. The molecule has 5 rings (SSSR count). The van der Waals surface area contributed by atoms with E-state index in [4.69, 9.17) is 10.1 Å². The first-order valence-electron chi connectivity index (χ1n) is 9.61. The SMILES string of the molecule is Cc1ccc(-c2csc(-c3cn(-c4ccccc4)nc3-c3ccc(F)cc3)n2)cc1. The topological polar surface area (TPSA) is 30.7 Å². The van der Waals surface area contributed by atoms with Crippen molar-refractivity contribution in [2.75, 3.05) is 0 Å². The maximum absolute atomic E-state index is 13.5. The molecule has 146 valence electrons. The molecule has 5 aromatic rings. The molecule has 3 aromatic carbocycles. The van der Waals surface area contributed by atoms with Crippen LogP contribution in [0.15, 0.2) is 90.4 Å². The molecule has 0 saturated heterocycles. The maximum atomic E-state index is 13.5. The number of rotatable bonds is 4. The summed E-state index contributed by atoms with van der Waals surface area (Å²) in [6.45, 7) is 2.07. The first kappa shape index (κ1) is 18.5. The molecule has 0 saturated carbocycles. The Morgan fingerprint density at radius 1 is 0.833 bits per heavy atom. The van der Waals surface area contributed by atoms with Crippen LogP contribution >= 0.6 is 11.3 Å². The first-order valence-corrected chi connectivity index (χ1v) is 10.5. The Morgan fingerprint density at radius 3 is 2.27 bits per heavy atom. The number of benzene rings is 3. The van der Waals surface area contributed by atoms with E-state index in [1.54, 1.807) is 23.5 Å². The third-order valence-corrected chi connectivity index (χ3v) is 5.81. The van der Waals surface area contributed by atoms with Crippen molar-refractivity contribution in [3.05, 3.63) is 102 Å². The van der Waals surface area contributed by atoms with E-state index in [9.17, 15) is 4.39 Å². The number of para-hydroxylation sites is 1. The quantitative estimate of drug-likeness (QED) is 0.326. The summed E-state index contributed by atoms with van der Waals surface area (Å²) in [6.07, 6.45) is 1.99. The summed E-state index contributed by atoms with van der Waals surface area (Å²) >= 11 is 1.58. The van der Waals surface area contributed by atoms with Crippen LogP contribution in [0, 0.1) is 12.7 Å². The molecule has 0 unspecified atom stereocenters. The van der Waals surface area contributed by atoms with Crippen molar-refractivity contribution in [2.45, 2.75) is 6.92 Å². The Bertz CT molecular complexity index is 1290. The van der Waals surface area contributed by atoms with Crippen LogP contribution in [0.4, 0.5) is 4.39 Å². The van der Waals surface area contributed by atoms with Gasteiger partial charge >= 0.3 is 0 Å². The minimum absolute atomic E-state index is 0.265. The van der Waals surface area contributed by atoms with Gasteiger partial charge in [-0.3, -0.25) is 0 Å². The number of halogens is 1. The highest BCUT2D eigenvalue weighted by Crippen LogP contribution is 2.36. The van der Waals surface area contributed by atoms with Crippen LogP contribution in [-0.4, -0.2) is 14.8 Å². The summed E-state index contributed by atoms with van der Waals surface area (Å²) in [5, 5.41) is 7.76. The lowest BCUT2D eigenvalue weighted by molar-refractivity contribution is 0.628. The third kappa shape index (κ3) is 3.55. The van der Waals surface area contributed by atoms with Gasteiger partial charge in [-0.15, -0.1) is 11.3 Å². The van der Waals surface area contributed by atoms with Crippen molar-refractivity contribution >= 4 is 11.3 Å². The molecule has 0 bridgehead atoms. The van der Waals surface area contributed by atoms with E-state index in [0.717, 1.165) is 38.8 Å². The molecule has 2 heterocycles. The van der Waals surface area contributed by atoms with Gasteiger partial charge in [-0.25, -0.2) is 14.1 Å². The molecule has 30 heavy (non-hydrogen) atoms. The van der Waals surface area contributed by atoms with Crippen molar-refractivity contribution in [3.8, 4) is 38.8 Å². The molecule has 5 heteroatoms. The summed E-state index contributed by atoms with van der Waals surface area (Å²) in [5.41, 5.74) is 6.76. The van der Waals surface area contributed by atoms with Gasteiger partial charge < -0.3 is 0 Å². The monoisotopic (exact) mass is 411 g/mol. The molecule has 2 aromatic heterocycles. The predicted octanol–water partition coefficient (Wildman–Crippen LogP) is 6.78. The van der Waals surface area contributed by atoms with Crippen molar-refractivity contribution in [1.29, 1.82) is 0 Å². The van der Waals surface area contributed by atoms with Crippen LogP contribution < -0.4 is 0 Å². The highest BCUT2D eigenvalue weighted by molar-refractivity contribution is 7.13. The van der Waals surface area contributed by atoms with Crippen LogP contribution in [0.1, 0.15) is 5.56 Å². The second-order valence-electron chi connectivity index (χ2n) is 7.08. The molecule has 0 spiro atoms. The van der Waals surface area contributed by atoms with E-state index < -0.39 is 0 Å². The lowest BCUT2D eigenvalue weighted by Gasteiger charge is -2.01. The fourth-order valence-corrected chi connectivity index (χ4v) is 4.16. The van der Waals surface area contributed by atoms with E-state index in [-0.39, 0.29) is 5.82 Å². The average Bonchev–Trinajstić information content (AvgIpc) is 3.43. The van der Waals surface area contributed by atoms with Crippen molar-refractivity contribution in [3.63, 3.8) is 0 Å². The molecule has 0 atom stereocenters. The molecule has 0 aliphatic carbocycles. The van der Waals surface area contributed by atoms with E-state index in [1.165, 1.54) is 17.7 Å². The molecule has 0 fully saturated rings. The van der Waals surface area contributed by atoms with Gasteiger partial charge in [0.2, 0.25) is 0 Å². The number of hydrogen-bond donors (Lipinski definition) is 0. The third-order valence-electron chi connectivity index (χ3n) is 4.93. The summed E-state index contributed by atoms with van der Waals surface area (Å²) in [4.78, 5) is 4.88. The standard InChI is InChI=1S/C25H18FN3S/c1-17-7-9-18(10-8-17)23-16-30-25(27-23)22-15-29(21-5-3-2-4-6-21)28-24(22)19-11-13-20(26)14-12-19/h2-16H,1H3. The van der Waals surface area contributed by atoms with Crippen LogP contribution in [-0.2, 0) is 0 Å². The molecule has 3 nitrogen and oxygen atoms in total. The number of aryl methyl sites for hydroxylation is 1. The Labute approximate surface area is 178 Å². The highest BCUT2D eigenvalue weighted by Gasteiger charge is 2.17. The molecule has 0 amide bonds. The molecule has 0 aliphatic rings. The van der Waals surface area contributed by atoms with Gasteiger partial charge in [0, 0.05) is 22.7 Å². The summed E-state index contributed by atoms with van der Waals surface area (Å²) in [5.74, 6) is -0.265. The normalized spacial score (nSPS) is 11.0. The van der Waals surface area contributed by atoms with E-state index >= 15 is 0 Å². The minimum atomic E-state index is -0.265. The number of nitrogens with zero attached hydrogens (tertiary/aromatic N) is 3. The zero-order valence-corrected chi connectivity index (χ0v) is 17.1. The fourth-order valence-electron chi connectivity index (χ4n) is 3.32. The lowest BCUT2D eigenvalue weighted by atomic mass is 10.1. The molecule has 0 aliphatic heterocycles. The van der Waals surface area contributed by atoms with E-state index in [1.807, 2.05) is 41.2 Å². The largest absolute Gasteiger partial charge is 0.240 e. The predicted molar refractivity (Wildman–Crippen MR) is 120 cm³/mol. The van der Waals surface area contributed by atoms with Crippen molar-refractivity contribution in [1.82, 2.24) is 14.8 Å². The molecular weight excluding hydrogens is 393 g/mol. The van der Waals surface area contributed by atoms with E-state index in [0.29, 0.717) is 0 Å². The number of thiazole rings is 1. The summed E-state index contributed by atoms with van der Waals surface area (Å²) < 4.78 is 15.3. The second-order valence-corrected chi connectivity index (χ2v) is 7.94. The molecular formula is C25H18FN3S. The fraction of sp³-hybridized carbons (Fsp3) is 0.0400. The summed E-state index contributed by atoms with van der Waals surface area (Å²) in [6, 6.07) is 24.7. The van der Waals surface area contributed by atoms with Gasteiger partial charge in [0.25, 0.3) is 0 Å². The Hall–Kier alpha value is -3.57. The highest BCUT2D eigenvalue weighted by atomic mass is 32.1. The van der Waals surface area contributed by atoms with Crippen molar-refractivity contribution < 1.29 is 4.39 Å². The lowest BCUT2D eigenvalue weighted by Crippen LogP contribution is -1.94. The average molecular weight is 412 g/mol. The first-order chi connectivity index (χ1) is 14.7. The molecule has 0 N–H and O–H groups in total. The molecule has 0 radical (unpaired) electrons. The van der Waals surface area contributed by atoms with Crippen LogP contribution in [0.2, 0.25) is 0 Å². The number of hydrogen-bond acceptors (Lipinski definition) is 3. The zero-order valence-electron chi connectivity index (χ0n) is 16.3. The maximum Gasteiger partial charge on any atom is 0.127 e. The van der Waals surface area contributed by atoms with Crippen LogP contribution in [0.3, 0.4) is 0 Å². The van der Waals surface area contributed by atoms with Gasteiger partial charge in [0.1, 0.15) is 16.5 Å². The Balaban J connectivity index is 1.62. The van der Waals surface area contributed by atoms with E-state index in [2.05, 4.69) is 36.6 Å².